The van der Waals surface area contributed by atoms with Gasteiger partial charge in [0.2, 0.25) is 0 Å². The summed E-state index contributed by atoms with van der Waals surface area (Å²) in [5.41, 5.74) is 1.41. The molecule has 1 aromatic rings. The molecular weight excluding hydrogens is 284 g/mol. The van der Waals surface area contributed by atoms with Gasteiger partial charge in [0.15, 0.2) is 5.17 Å². The van der Waals surface area contributed by atoms with Crippen molar-refractivity contribution >= 4 is 28.7 Å². The predicted octanol–water partition coefficient (Wildman–Crippen LogP) is 3.58. The van der Waals surface area contributed by atoms with Gasteiger partial charge in [-0.15, -0.1) is 0 Å². The molecule has 108 valence electrons. The molecule has 2 nitrogen and oxygen atoms in total. The molecular formula is C16H22N2S2. The second-order valence-corrected chi connectivity index (χ2v) is 7.89. The minimum absolute atomic E-state index is 0.542. The summed E-state index contributed by atoms with van der Waals surface area (Å²) in [7, 11) is 0. The number of amidine groups is 1. The van der Waals surface area contributed by atoms with Crippen molar-refractivity contribution in [2.75, 3.05) is 18.1 Å². The first kappa shape index (κ1) is 14.3. The Morgan fingerprint density at radius 2 is 2.10 bits per heavy atom. The average molecular weight is 306 g/mol. The quantitative estimate of drug-likeness (QED) is 0.920. The average Bonchev–Trinajstić information content (AvgIpc) is 2.95. The van der Waals surface area contributed by atoms with E-state index in [1.54, 1.807) is 0 Å². The van der Waals surface area contributed by atoms with Gasteiger partial charge in [0.25, 0.3) is 0 Å². The van der Waals surface area contributed by atoms with Crippen molar-refractivity contribution in [2.45, 2.75) is 37.0 Å². The van der Waals surface area contributed by atoms with Crippen molar-refractivity contribution in [3.8, 4) is 0 Å². The van der Waals surface area contributed by atoms with Crippen molar-refractivity contribution in [3.63, 3.8) is 0 Å². The number of nitrogens with one attached hydrogen (secondary N) is 1. The Morgan fingerprint density at radius 3 is 2.90 bits per heavy atom. The molecule has 20 heavy (non-hydrogen) atoms. The molecule has 1 aromatic carbocycles. The van der Waals surface area contributed by atoms with Crippen molar-refractivity contribution in [3.05, 3.63) is 35.9 Å². The maximum Gasteiger partial charge on any atom is 0.156 e. The largest absolute Gasteiger partial charge is 0.361 e. The molecule has 0 radical (unpaired) electrons. The molecule has 4 heteroatoms. The van der Waals surface area contributed by atoms with Crippen LogP contribution in [0.2, 0.25) is 0 Å². The fourth-order valence-corrected chi connectivity index (χ4v) is 4.87. The molecule has 0 spiro atoms. The van der Waals surface area contributed by atoms with Gasteiger partial charge in [0.05, 0.1) is 6.54 Å². The van der Waals surface area contributed by atoms with Gasteiger partial charge in [-0.05, 0) is 30.6 Å². The standard InChI is InChI=1S/C16H22N2S2/c1-2-6-13(7-3-1)10-14-12-20-16(18-14)17-11-15-8-4-5-9-19-15/h1-3,6-7,14-15H,4-5,8-12H2,(H,17,18). The molecule has 3 rings (SSSR count). The van der Waals surface area contributed by atoms with Crippen LogP contribution in [0.15, 0.2) is 35.3 Å². The summed E-state index contributed by atoms with van der Waals surface area (Å²) in [6.45, 7) is 0.998. The molecule has 2 aliphatic heterocycles. The summed E-state index contributed by atoms with van der Waals surface area (Å²) >= 11 is 3.99. The molecule has 2 saturated heterocycles. The van der Waals surface area contributed by atoms with Gasteiger partial charge in [0.1, 0.15) is 0 Å². The summed E-state index contributed by atoms with van der Waals surface area (Å²) < 4.78 is 0. The molecule has 0 aliphatic carbocycles. The number of hydrogen-bond donors (Lipinski definition) is 1. The fraction of sp³-hybridized carbons (Fsp3) is 0.562. The highest BCUT2D eigenvalue weighted by Gasteiger charge is 2.21. The summed E-state index contributed by atoms with van der Waals surface area (Å²) in [6, 6.07) is 11.3. The van der Waals surface area contributed by atoms with Crippen molar-refractivity contribution in [2.24, 2.45) is 4.99 Å². The van der Waals surface area contributed by atoms with Crippen LogP contribution in [0.4, 0.5) is 0 Å². The first-order valence-electron chi connectivity index (χ1n) is 7.49. The highest BCUT2D eigenvalue weighted by Crippen LogP contribution is 2.26. The zero-order valence-corrected chi connectivity index (χ0v) is 13.4. The summed E-state index contributed by atoms with van der Waals surface area (Å²) in [5.74, 6) is 2.47. The zero-order valence-electron chi connectivity index (χ0n) is 11.8. The number of aliphatic imine (C=N–C) groups is 1. The monoisotopic (exact) mass is 306 g/mol. The van der Waals surface area contributed by atoms with Gasteiger partial charge < -0.3 is 5.32 Å². The molecule has 1 N–H and O–H groups in total. The van der Waals surface area contributed by atoms with Crippen LogP contribution in [0.3, 0.4) is 0 Å². The van der Waals surface area contributed by atoms with Crippen LogP contribution in [0.5, 0.6) is 0 Å². The van der Waals surface area contributed by atoms with Crippen molar-refractivity contribution in [1.82, 2.24) is 5.32 Å². The van der Waals surface area contributed by atoms with E-state index < -0.39 is 0 Å². The Morgan fingerprint density at radius 1 is 1.20 bits per heavy atom. The predicted molar refractivity (Wildman–Crippen MR) is 91.9 cm³/mol. The number of benzene rings is 1. The summed E-state index contributed by atoms with van der Waals surface area (Å²) in [4.78, 5) is 4.79. The second-order valence-electron chi connectivity index (χ2n) is 5.48. The third-order valence-corrected chi connectivity index (χ3v) is 6.26. The lowest BCUT2D eigenvalue weighted by Crippen LogP contribution is -2.29. The lowest BCUT2D eigenvalue weighted by atomic mass is 10.1. The fourth-order valence-electron chi connectivity index (χ4n) is 2.67. The minimum Gasteiger partial charge on any atom is -0.361 e. The molecule has 2 heterocycles. The number of thioether (sulfide) groups is 2. The van der Waals surface area contributed by atoms with Crippen molar-refractivity contribution in [1.29, 1.82) is 0 Å². The lowest BCUT2D eigenvalue weighted by Gasteiger charge is -2.19. The van der Waals surface area contributed by atoms with Crippen LogP contribution in [-0.4, -0.2) is 34.5 Å². The SMILES string of the molecule is c1ccc(CC2CSC(=NCC3CCCCS3)N2)cc1. The maximum atomic E-state index is 4.79. The van der Waals surface area contributed by atoms with E-state index >= 15 is 0 Å². The van der Waals surface area contributed by atoms with Crippen LogP contribution < -0.4 is 5.32 Å². The maximum absolute atomic E-state index is 4.79. The Balaban J connectivity index is 1.46. The summed E-state index contributed by atoms with van der Waals surface area (Å²) in [6.07, 6.45) is 5.23. The van der Waals surface area contributed by atoms with E-state index in [2.05, 4.69) is 47.4 Å². The molecule has 0 amide bonds. The second kappa shape index (κ2) is 7.41. The Hall–Kier alpha value is -0.610. The van der Waals surface area contributed by atoms with Gasteiger partial charge in [-0.25, -0.2) is 0 Å². The van der Waals surface area contributed by atoms with E-state index in [9.17, 15) is 0 Å². The van der Waals surface area contributed by atoms with Crippen LogP contribution in [0, 0.1) is 0 Å². The number of nitrogens with zero attached hydrogens (tertiary/aromatic N) is 1. The number of hydrogen-bond acceptors (Lipinski definition) is 3. The molecule has 0 saturated carbocycles. The van der Waals surface area contributed by atoms with E-state index in [4.69, 9.17) is 4.99 Å². The topological polar surface area (TPSA) is 24.4 Å². The molecule has 2 aliphatic rings. The molecule has 2 atom stereocenters. The van der Waals surface area contributed by atoms with Gasteiger partial charge >= 0.3 is 0 Å². The van der Waals surface area contributed by atoms with E-state index in [1.165, 1.54) is 30.6 Å². The Labute approximate surface area is 130 Å². The zero-order chi connectivity index (χ0) is 13.6. The Kier molecular flexibility index (Phi) is 5.31. The van der Waals surface area contributed by atoms with Crippen molar-refractivity contribution < 1.29 is 0 Å². The van der Waals surface area contributed by atoms with Gasteiger partial charge in [-0.1, -0.05) is 48.5 Å². The number of rotatable bonds is 4. The van der Waals surface area contributed by atoms with E-state index in [1.807, 2.05) is 11.8 Å². The minimum atomic E-state index is 0.542. The van der Waals surface area contributed by atoms with Gasteiger partial charge in [0, 0.05) is 17.0 Å². The van der Waals surface area contributed by atoms with Gasteiger partial charge in [-0.2, -0.15) is 11.8 Å². The molecule has 2 fully saturated rings. The first-order chi connectivity index (χ1) is 9.90. The third-order valence-electron chi connectivity index (χ3n) is 3.79. The van der Waals surface area contributed by atoms with Crippen LogP contribution in [0.1, 0.15) is 24.8 Å². The third kappa shape index (κ3) is 4.19. The molecule has 2 unspecified atom stereocenters. The van der Waals surface area contributed by atoms with E-state index in [-0.39, 0.29) is 0 Å². The van der Waals surface area contributed by atoms with Crippen LogP contribution >= 0.6 is 23.5 Å². The van der Waals surface area contributed by atoms with E-state index in [0.717, 1.165) is 29.1 Å². The van der Waals surface area contributed by atoms with Gasteiger partial charge in [-0.3, -0.25) is 4.99 Å². The summed E-state index contributed by atoms with van der Waals surface area (Å²) in [5, 5.41) is 5.50. The normalized spacial score (nSPS) is 28.5. The van der Waals surface area contributed by atoms with Crippen LogP contribution in [-0.2, 0) is 6.42 Å². The molecule has 0 aromatic heterocycles. The van der Waals surface area contributed by atoms with E-state index in [0.29, 0.717) is 6.04 Å². The lowest BCUT2D eigenvalue weighted by molar-refractivity contribution is 0.662. The van der Waals surface area contributed by atoms with Crippen LogP contribution in [0.25, 0.3) is 0 Å². The Bertz CT molecular complexity index is 441. The highest BCUT2D eigenvalue weighted by molar-refractivity contribution is 8.14. The first-order valence-corrected chi connectivity index (χ1v) is 9.53. The highest BCUT2D eigenvalue weighted by atomic mass is 32.2. The smallest absolute Gasteiger partial charge is 0.156 e. The molecule has 0 bridgehead atoms.